The first-order valence-corrected chi connectivity index (χ1v) is 5.32. The van der Waals surface area contributed by atoms with Crippen LogP contribution in [0.4, 0.5) is 11.9 Å². The van der Waals surface area contributed by atoms with Crippen LogP contribution in [0.3, 0.4) is 0 Å². The molecule has 0 saturated carbocycles. The first-order chi connectivity index (χ1) is 8.25. The quantitative estimate of drug-likeness (QED) is 0.566. The SMILES string of the molecule is Cn1ncnc1N1[B]N(c2ncnn2C)CC1.[Ir]. The van der Waals surface area contributed by atoms with Crippen LogP contribution >= 0.6 is 0 Å². The minimum atomic E-state index is 0. The second kappa shape index (κ2) is 5.07. The number of aromatic nitrogens is 6. The number of nitrogens with zero attached hydrogens (tertiary/aromatic N) is 8. The summed E-state index contributed by atoms with van der Waals surface area (Å²) in [5, 5.41) is 8.12. The Morgan fingerprint density at radius 3 is 1.72 bits per heavy atom. The van der Waals surface area contributed by atoms with Crippen LogP contribution in [0.25, 0.3) is 0 Å². The van der Waals surface area contributed by atoms with Crippen molar-refractivity contribution in [3.63, 3.8) is 0 Å². The summed E-state index contributed by atoms with van der Waals surface area (Å²) < 4.78 is 3.49. The predicted molar refractivity (Wildman–Crippen MR) is 62.5 cm³/mol. The van der Waals surface area contributed by atoms with Gasteiger partial charge in [-0.15, -0.1) is 0 Å². The monoisotopic (exact) mass is 424 g/mol. The molecular formula is C8H12BIrN8. The first-order valence-electron chi connectivity index (χ1n) is 5.32. The Hall–Kier alpha value is -1.41. The van der Waals surface area contributed by atoms with E-state index in [9.17, 15) is 0 Å². The zero-order valence-corrected chi connectivity index (χ0v) is 12.5. The molecule has 10 heteroatoms. The predicted octanol–water partition coefficient (Wildman–Crippen LogP) is -1.20. The fraction of sp³-hybridized carbons (Fsp3) is 0.500. The standard InChI is InChI=1S/C8H12BN8.Ir/c1-14-7(10-5-12-14)16-3-4-17(9-16)8-11-6-13-15(8)2;/h5-6H,3-4H2,1-2H3;. The summed E-state index contributed by atoms with van der Waals surface area (Å²) in [6, 6.07) is 0. The normalized spacial score (nSPS) is 14.6. The number of anilines is 2. The van der Waals surface area contributed by atoms with Gasteiger partial charge in [-0.05, 0) is 0 Å². The van der Waals surface area contributed by atoms with Crippen molar-refractivity contribution >= 4 is 19.4 Å². The van der Waals surface area contributed by atoms with Crippen molar-refractivity contribution in [3.8, 4) is 0 Å². The maximum Gasteiger partial charge on any atom is 0.396 e. The maximum absolute atomic E-state index is 4.21. The molecule has 0 N–H and O–H groups in total. The molecule has 1 saturated heterocycles. The Kier molecular flexibility index (Phi) is 3.67. The minimum absolute atomic E-state index is 0. The van der Waals surface area contributed by atoms with E-state index in [-0.39, 0.29) is 20.1 Å². The van der Waals surface area contributed by atoms with Crippen molar-refractivity contribution in [1.82, 2.24) is 29.5 Å². The molecule has 0 spiro atoms. The Morgan fingerprint density at radius 1 is 0.944 bits per heavy atom. The van der Waals surface area contributed by atoms with Gasteiger partial charge in [0.2, 0.25) is 11.9 Å². The van der Waals surface area contributed by atoms with Gasteiger partial charge < -0.3 is 9.62 Å². The van der Waals surface area contributed by atoms with E-state index in [0.717, 1.165) is 25.0 Å². The third-order valence-electron chi connectivity index (χ3n) is 2.75. The Labute approximate surface area is 119 Å². The topological polar surface area (TPSA) is 67.9 Å². The van der Waals surface area contributed by atoms with Crippen LogP contribution < -0.4 is 9.62 Å². The molecule has 0 aliphatic carbocycles. The van der Waals surface area contributed by atoms with E-state index >= 15 is 0 Å². The fourth-order valence-electron chi connectivity index (χ4n) is 1.90. The molecule has 18 heavy (non-hydrogen) atoms. The maximum atomic E-state index is 4.21. The van der Waals surface area contributed by atoms with Crippen molar-refractivity contribution in [2.24, 2.45) is 14.1 Å². The van der Waals surface area contributed by atoms with Gasteiger partial charge in [-0.1, -0.05) is 0 Å². The second-order valence-corrected chi connectivity index (χ2v) is 3.87. The van der Waals surface area contributed by atoms with E-state index in [1.54, 1.807) is 22.0 Å². The summed E-state index contributed by atoms with van der Waals surface area (Å²) in [5.74, 6) is 1.66. The van der Waals surface area contributed by atoms with Crippen LogP contribution in [0.2, 0.25) is 0 Å². The summed E-state index contributed by atoms with van der Waals surface area (Å²) >= 11 is 0. The molecule has 96 valence electrons. The summed E-state index contributed by atoms with van der Waals surface area (Å²) in [5.41, 5.74) is 0. The van der Waals surface area contributed by atoms with Crippen LogP contribution in [-0.4, -0.2) is 50.2 Å². The molecule has 2 radical (unpaired) electrons. The summed E-state index contributed by atoms with van der Waals surface area (Å²) in [7, 11) is 5.73. The molecule has 3 rings (SSSR count). The summed E-state index contributed by atoms with van der Waals surface area (Å²) in [6.07, 6.45) is 3.10. The average molecular weight is 423 g/mol. The van der Waals surface area contributed by atoms with E-state index in [1.807, 2.05) is 31.3 Å². The molecule has 1 aliphatic heterocycles. The van der Waals surface area contributed by atoms with Gasteiger partial charge in [0.1, 0.15) is 12.7 Å². The zero-order valence-electron chi connectivity index (χ0n) is 10.1. The van der Waals surface area contributed by atoms with Gasteiger partial charge in [0.25, 0.3) is 0 Å². The Balaban J connectivity index is 0.00000120. The molecule has 0 atom stereocenters. The van der Waals surface area contributed by atoms with Gasteiger partial charge in [-0.3, -0.25) is 0 Å². The van der Waals surface area contributed by atoms with E-state index in [4.69, 9.17) is 0 Å². The van der Waals surface area contributed by atoms with Gasteiger partial charge in [-0.2, -0.15) is 10.2 Å². The number of hydrogen-bond donors (Lipinski definition) is 0. The molecule has 2 aromatic heterocycles. The van der Waals surface area contributed by atoms with Crippen molar-refractivity contribution in [3.05, 3.63) is 12.7 Å². The molecule has 3 heterocycles. The third-order valence-corrected chi connectivity index (χ3v) is 2.75. The molecule has 0 amide bonds. The third kappa shape index (κ3) is 2.13. The molecule has 2 aromatic rings. The zero-order chi connectivity index (χ0) is 11.8. The van der Waals surface area contributed by atoms with Crippen LogP contribution in [0.1, 0.15) is 0 Å². The van der Waals surface area contributed by atoms with Gasteiger partial charge >= 0.3 is 7.55 Å². The molecule has 0 unspecified atom stereocenters. The van der Waals surface area contributed by atoms with Crippen molar-refractivity contribution in [2.45, 2.75) is 0 Å². The molecular weight excluding hydrogens is 411 g/mol. The minimum Gasteiger partial charge on any atom is -0.366 e. The van der Waals surface area contributed by atoms with E-state index in [1.165, 1.54) is 0 Å². The van der Waals surface area contributed by atoms with E-state index in [0.29, 0.717) is 0 Å². The molecule has 0 bridgehead atoms. The van der Waals surface area contributed by atoms with E-state index in [2.05, 4.69) is 20.2 Å². The first kappa shape index (κ1) is 13.0. The van der Waals surface area contributed by atoms with Gasteiger partial charge in [0.05, 0.1) is 0 Å². The van der Waals surface area contributed by atoms with Crippen molar-refractivity contribution in [2.75, 3.05) is 22.7 Å². The van der Waals surface area contributed by atoms with Crippen LogP contribution in [0, 0.1) is 0 Å². The molecule has 1 aliphatic rings. The Morgan fingerprint density at radius 2 is 1.39 bits per heavy atom. The van der Waals surface area contributed by atoms with Crippen molar-refractivity contribution < 1.29 is 20.1 Å². The van der Waals surface area contributed by atoms with Gasteiger partial charge in [-0.25, -0.2) is 19.3 Å². The smallest absolute Gasteiger partial charge is 0.366 e. The van der Waals surface area contributed by atoms with Crippen molar-refractivity contribution in [1.29, 1.82) is 0 Å². The number of hydrogen-bond acceptors (Lipinski definition) is 6. The second-order valence-electron chi connectivity index (χ2n) is 3.87. The molecule has 0 aromatic carbocycles. The van der Waals surface area contributed by atoms with Crippen LogP contribution in [0.5, 0.6) is 0 Å². The Bertz CT molecular complexity index is 478. The fourth-order valence-corrected chi connectivity index (χ4v) is 1.90. The number of rotatable bonds is 2. The average Bonchev–Trinajstić information content (AvgIpc) is 2.97. The van der Waals surface area contributed by atoms with Crippen LogP contribution in [-0.2, 0) is 34.2 Å². The van der Waals surface area contributed by atoms with Gasteiger partial charge in [0.15, 0.2) is 0 Å². The van der Waals surface area contributed by atoms with Crippen LogP contribution in [0.15, 0.2) is 12.7 Å². The van der Waals surface area contributed by atoms with E-state index < -0.39 is 0 Å². The molecule has 8 nitrogen and oxygen atoms in total. The summed E-state index contributed by atoms with van der Waals surface area (Å²) in [4.78, 5) is 12.5. The largest absolute Gasteiger partial charge is 0.396 e. The number of aryl methyl sites for hydroxylation is 2. The van der Waals surface area contributed by atoms with Gasteiger partial charge in [0, 0.05) is 47.3 Å². The summed E-state index contributed by atoms with van der Waals surface area (Å²) in [6.45, 7) is 1.72. The molecule has 1 fully saturated rings.